The summed E-state index contributed by atoms with van der Waals surface area (Å²) in [6.07, 6.45) is 5.18. The van der Waals surface area contributed by atoms with Gasteiger partial charge in [-0.15, -0.1) is 11.3 Å². The van der Waals surface area contributed by atoms with Crippen molar-refractivity contribution in [1.29, 1.82) is 0 Å². The molecule has 3 N–H and O–H groups in total. The van der Waals surface area contributed by atoms with Crippen molar-refractivity contribution in [2.45, 2.75) is 32.1 Å². The summed E-state index contributed by atoms with van der Waals surface area (Å²) in [5, 5.41) is 19.4. The van der Waals surface area contributed by atoms with E-state index in [1.807, 2.05) is 0 Å². The Balaban J connectivity index is 1.41. The molecule has 3 rings (SSSR count). The first kappa shape index (κ1) is 19.4. The maximum atomic E-state index is 9.32. The number of aromatic nitrogens is 1. The molecular formula is C18H31N5O2S. The smallest absolute Gasteiger partial charge is 0.191 e. The number of aliphatic hydroxyl groups excluding tert-OH is 1. The van der Waals surface area contributed by atoms with Crippen LogP contribution in [0.3, 0.4) is 0 Å². The minimum atomic E-state index is 0.0198. The highest BCUT2D eigenvalue weighted by Crippen LogP contribution is 2.31. The molecule has 0 saturated carbocycles. The standard InChI is InChI=1S/C18H31N5O2S/c1-19-16(21-13-18(5-10-24)6-11-25-14-18)20-7-4-15-12-26-17(22-15)23-8-2-3-9-23/h12,24H,2-11,13-14H2,1H3,(H2,19,20,21). The normalized spacial score (nSPS) is 23.6. The second-order valence-corrected chi connectivity index (χ2v) is 8.03. The number of nitrogens with one attached hydrogen (secondary N) is 2. The van der Waals surface area contributed by atoms with Crippen LogP contribution < -0.4 is 15.5 Å². The minimum Gasteiger partial charge on any atom is -0.396 e. The molecule has 0 bridgehead atoms. The van der Waals surface area contributed by atoms with Crippen molar-refractivity contribution >= 4 is 22.4 Å². The van der Waals surface area contributed by atoms with Crippen LogP contribution in [0.25, 0.3) is 0 Å². The first-order chi connectivity index (χ1) is 12.7. The first-order valence-corrected chi connectivity index (χ1v) is 10.5. The van der Waals surface area contributed by atoms with Crippen molar-refractivity contribution in [2.75, 3.05) is 57.9 Å². The second-order valence-electron chi connectivity index (χ2n) is 7.19. The number of guanidine groups is 1. The fourth-order valence-corrected chi connectivity index (χ4v) is 4.49. The topological polar surface area (TPSA) is 82.0 Å². The number of aliphatic imine (C=N–C) groups is 1. The van der Waals surface area contributed by atoms with E-state index in [1.165, 1.54) is 12.8 Å². The van der Waals surface area contributed by atoms with E-state index in [0.29, 0.717) is 6.61 Å². The van der Waals surface area contributed by atoms with Gasteiger partial charge in [-0.1, -0.05) is 0 Å². The molecule has 26 heavy (non-hydrogen) atoms. The Labute approximate surface area is 159 Å². The summed E-state index contributed by atoms with van der Waals surface area (Å²) in [4.78, 5) is 11.4. The lowest BCUT2D eigenvalue weighted by atomic mass is 9.84. The van der Waals surface area contributed by atoms with E-state index in [-0.39, 0.29) is 12.0 Å². The van der Waals surface area contributed by atoms with E-state index in [2.05, 4.69) is 25.9 Å². The summed E-state index contributed by atoms with van der Waals surface area (Å²) in [7, 11) is 1.79. The molecule has 0 radical (unpaired) electrons. The van der Waals surface area contributed by atoms with Crippen LogP contribution in [0.5, 0.6) is 0 Å². The number of aliphatic hydroxyl groups is 1. The average molecular weight is 382 g/mol. The molecule has 0 aromatic carbocycles. The monoisotopic (exact) mass is 381 g/mol. The molecule has 1 unspecified atom stereocenters. The van der Waals surface area contributed by atoms with E-state index in [1.54, 1.807) is 18.4 Å². The van der Waals surface area contributed by atoms with Crippen molar-refractivity contribution in [2.24, 2.45) is 10.4 Å². The van der Waals surface area contributed by atoms with Crippen LogP contribution in [0, 0.1) is 5.41 Å². The first-order valence-electron chi connectivity index (χ1n) is 9.57. The van der Waals surface area contributed by atoms with Gasteiger partial charge in [0, 0.05) is 63.7 Å². The number of nitrogens with zero attached hydrogens (tertiary/aromatic N) is 3. The summed E-state index contributed by atoms with van der Waals surface area (Å²) in [6, 6.07) is 0. The van der Waals surface area contributed by atoms with Crippen LogP contribution in [-0.4, -0.2) is 69.1 Å². The van der Waals surface area contributed by atoms with Crippen molar-refractivity contribution in [1.82, 2.24) is 15.6 Å². The van der Waals surface area contributed by atoms with Gasteiger partial charge in [-0.3, -0.25) is 4.99 Å². The van der Waals surface area contributed by atoms with Gasteiger partial charge in [0.2, 0.25) is 0 Å². The third kappa shape index (κ3) is 5.08. The second kappa shape index (κ2) is 9.53. The molecule has 2 fully saturated rings. The molecular weight excluding hydrogens is 350 g/mol. The van der Waals surface area contributed by atoms with Gasteiger partial charge in [0.05, 0.1) is 12.3 Å². The summed E-state index contributed by atoms with van der Waals surface area (Å²) in [5.41, 5.74) is 1.16. The summed E-state index contributed by atoms with van der Waals surface area (Å²) >= 11 is 1.75. The molecule has 3 heterocycles. The zero-order valence-corrected chi connectivity index (χ0v) is 16.5. The highest BCUT2D eigenvalue weighted by molar-refractivity contribution is 7.13. The molecule has 7 nitrogen and oxygen atoms in total. The maximum absolute atomic E-state index is 9.32. The summed E-state index contributed by atoms with van der Waals surface area (Å²) in [6.45, 7) is 5.52. The van der Waals surface area contributed by atoms with Crippen molar-refractivity contribution in [3.63, 3.8) is 0 Å². The van der Waals surface area contributed by atoms with Crippen LogP contribution in [0.15, 0.2) is 10.4 Å². The molecule has 0 amide bonds. The maximum Gasteiger partial charge on any atom is 0.191 e. The SMILES string of the molecule is CN=C(NCCc1csc(N2CCCC2)n1)NCC1(CCO)CCOC1. The van der Waals surface area contributed by atoms with E-state index in [9.17, 15) is 5.11 Å². The van der Waals surface area contributed by atoms with Crippen molar-refractivity contribution in [3.05, 3.63) is 11.1 Å². The highest BCUT2D eigenvalue weighted by Gasteiger charge is 2.34. The molecule has 1 aromatic heterocycles. The molecule has 0 aliphatic carbocycles. The van der Waals surface area contributed by atoms with Gasteiger partial charge >= 0.3 is 0 Å². The summed E-state index contributed by atoms with van der Waals surface area (Å²) in [5.74, 6) is 0.796. The van der Waals surface area contributed by atoms with E-state index < -0.39 is 0 Å². The van der Waals surface area contributed by atoms with E-state index in [4.69, 9.17) is 9.72 Å². The van der Waals surface area contributed by atoms with Crippen molar-refractivity contribution < 1.29 is 9.84 Å². The van der Waals surface area contributed by atoms with Gasteiger partial charge < -0.3 is 25.4 Å². The van der Waals surface area contributed by atoms with E-state index >= 15 is 0 Å². The van der Waals surface area contributed by atoms with Crippen molar-refractivity contribution in [3.8, 4) is 0 Å². The fraction of sp³-hybridized carbons (Fsp3) is 0.778. The molecule has 146 valence electrons. The Morgan fingerprint density at radius 2 is 2.27 bits per heavy atom. The number of hydrogen-bond donors (Lipinski definition) is 3. The van der Waals surface area contributed by atoms with Crippen LogP contribution in [0.2, 0.25) is 0 Å². The number of ether oxygens (including phenoxy) is 1. The Kier molecular flexibility index (Phi) is 7.10. The fourth-order valence-electron chi connectivity index (χ4n) is 3.58. The third-order valence-electron chi connectivity index (χ3n) is 5.27. The minimum absolute atomic E-state index is 0.0198. The Morgan fingerprint density at radius 3 is 2.96 bits per heavy atom. The Morgan fingerprint density at radius 1 is 1.42 bits per heavy atom. The molecule has 2 saturated heterocycles. The van der Waals surface area contributed by atoms with Crippen LogP contribution in [0.4, 0.5) is 5.13 Å². The van der Waals surface area contributed by atoms with E-state index in [0.717, 1.165) is 68.8 Å². The van der Waals surface area contributed by atoms with Gasteiger partial charge in [-0.2, -0.15) is 0 Å². The molecule has 8 heteroatoms. The van der Waals surface area contributed by atoms with Gasteiger partial charge in [0.25, 0.3) is 0 Å². The highest BCUT2D eigenvalue weighted by atomic mass is 32.1. The molecule has 2 aliphatic rings. The quantitative estimate of drug-likeness (QED) is 0.464. The van der Waals surface area contributed by atoms with Crippen LogP contribution in [0.1, 0.15) is 31.4 Å². The molecule has 0 spiro atoms. The zero-order chi connectivity index (χ0) is 18.2. The van der Waals surface area contributed by atoms with Gasteiger partial charge in [0.15, 0.2) is 11.1 Å². The number of hydrogen-bond acceptors (Lipinski definition) is 6. The lowest BCUT2D eigenvalue weighted by molar-refractivity contribution is 0.127. The zero-order valence-electron chi connectivity index (χ0n) is 15.7. The third-order valence-corrected chi connectivity index (χ3v) is 6.22. The number of anilines is 1. The van der Waals surface area contributed by atoms with Gasteiger partial charge in [-0.25, -0.2) is 4.98 Å². The van der Waals surface area contributed by atoms with Gasteiger partial charge in [0.1, 0.15) is 0 Å². The Bertz CT molecular complexity index is 580. The predicted octanol–water partition coefficient (Wildman–Crippen LogP) is 1.24. The lowest BCUT2D eigenvalue weighted by Gasteiger charge is -2.27. The van der Waals surface area contributed by atoms with Gasteiger partial charge in [-0.05, 0) is 25.7 Å². The summed E-state index contributed by atoms with van der Waals surface area (Å²) < 4.78 is 5.54. The number of rotatable bonds is 8. The Hall–Kier alpha value is -1.38. The average Bonchev–Trinajstić information content (AvgIpc) is 3.39. The molecule has 2 aliphatic heterocycles. The molecule has 1 aromatic rings. The van der Waals surface area contributed by atoms with Crippen LogP contribution >= 0.6 is 11.3 Å². The van der Waals surface area contributed by atoms with Crippen LogP contribution in [-0.2, 0) is 11.2 Å². The predicted molar refractivity (Wildman–Crippen MR) is 106 cm³/mol. The number of thiazole rings is 1. The lowest BCUT2D eigenvalue weighted by Crippen LogP contribution is -2.45. The molecule has 1 atom stereocenters. The largest absolute Gasteiger partial charge is 0.396 e.